The Morgan fingerprint density at radius 3 is 2.58 bits per heavy atom. The summed E-state index contributed by atoms with van der Waals surface area (Å²) < 4.78 is 0. The summed E-state index contributed by atoms with van der Waals surface area (Å²) in [7, 11) is 1.79. The Hall–Kier alpha value is -1.28. The fourth-order valence-corrected chi connectivity index (χ4v) is 3.05. The molecule has 0 saturated heterocycles. The quantitative estimate of drug-likeness (QED) is 0.300. The van der Waals surface area contributed by atoms with Gasteiger partial charge >= 0.3 is 0 Å². The molecule has 0 spiro atoms. The number of nitrogens with one attached hydrogen (secondary N) is 2. The maximum absolute atomic E-state index is 4.39. The molecule has 1 aromatic carbocycles. The van der Waals surface area contributed by atoms with E-state index in [9.17, 15) is 0 Å². The number of benzene rings is 1. The molecule has 0 aliphatic rings. The number of nitrogens with zero attached hydrogens (tertiary/aromatic N) is 2. The lowest BCUT2D eigenvalue weighted by molar-refractivity contribution is 0.776. The van der Waals surface area contributed by atoms with Crippen LogP contribution in [0.5, 0.6) is 0 Å². The minimum atomic E-state index is 0. The molecule has 1 aromatic heterocycles. The second-order valence-corrected chi connectivity index (χ2v) is 6.83. The van der Waals surface area contributed by atoms with Gasteiger partial charge in [0.25, 0.3) is 0 Å². The lowest BCUT2D eigenvalue weighted by Crippen LogP contribution is -2.39. The van der Waals surface area contributed by atoms with Gasteiger partial charge in [-0.25, -0.2) is 0 Å². The molecule has 0 bridgehead atoms. The van der Waals surface area contributed by atoms with Crippen LogP contribution < -0.4 is 10.6 Å². The first kappa shape index (κ1) is 20.8. The molecule has 24 heavy (non-hydrogen) atoms. The largest absolute Gasteiger partial charge is 0.355 e. The number of aliphatic imine (C=N–C) groups is 1. The van der Waals surface area contributed by atoms with E-state index in [1.807, 2.05) is 30.1 Å². The topological polar surface area (TPSA) is 49.3 Å². The monoisotopic (exact) mass is 456 g/mol. The van der Waals surface area contributed by atoms with E-state index >= 15 is 0 Å². The summed E-state index contributed by atoms with van der Waals surface area (Å²) in [6, 6.07) is 14.5. The lowest BCUT2D eigenvalue weighted by atomic mass is 10.2. The van der Waals surface area contributed by atoms with Crippen LogP contribution in [0.1, 0.15) is 18.2 Å². The highest BCUT2D eigenvalue weighted by molar-refractivity contribution is 14.0. The summed E-state index contributed by atoms with van der Waals surface area (Å²) in [5.74, 6) is 0.801. The van der Waals surface area contributed by atoms with Gasteiger partial charge < -0.3 is 10.6 Å². The fraction of sp³-hybridized carbons (Fsp3) is 0.333. The third-order valence-corrected chi connectivity index (χ3v) is 4.52. The van der Waals surface area contributed by atoms with Crippen molar-refractivity contribution < 1.29 is 0 Å². The smallest absolute Gasteiger partial charge is 0.191 e. The van der Waals surface area contributed by atoms with E-state index in [0.717, 1.165) is 18.2 Å². The first-order valence-corrected chi connectivity index (χ1v) is 8.63. The molecular formula is C18H25IN4S. The lowest BCUT2D eigenvalue weighted by Gasteiger charge is -2.16. The Kier molecular flexibility index (Phi) is 9.78. The maximum Gasteiger partial charge on any atom is 0.191 e. The van der Waals surface area contributed by atoms with Gasteiger partial charge in [-0.1, -0.05) is 31.2 Å². The zero-order valence-corrected chi connectivity index (χ0v) is 17.5. The predicted molar refractivity (Wildman–Crippen MR) is 114 cm³/mol. The minimum Gasteiger partial charge on any atom is -0.355 e. The molecule has 6 heteroatoms. The molecule has 2 rings (SSSR count). The standard InChI is InChI=1S/C18H24N4S.HI/c1-14-8-7-11-20-17(14)13-22-18(19-3)21-12-15(2)23-16-9-5-4-6-10-16;/h4-11,15H,12-13H2,1-3H3,(H2,19,21,22);1H. The first-order chi connectivity index (χ1) is 11.2. The molecule has 130 valence electrons. The number of halogens is 1. The number of guanidine groups is 1. The molecule has 0 aliphatic heterocycles. The molecule has 2 N–H and O–H groups in total. The Balaban J connectivity index is 0.00000288. The number of pyridine rings is 1. The Morgan fingerprint density at radius 1 is 1.17 bits per heavy atom. The van der Waals surface area contributed by atoms with Gasteiger partial charge in [-0.05, 0) is 30.7 Å². The molecule has 1 atom stereocenters. The van der Waals surface area contributed by atoms with Gasteiger partial charge in [0.1, 0.15) is 0 Å². The van der Waals surface area contributed by atoms with Gasteiger partial charge in [-0.15, -0.1) is 35.7 Å². The van der Waals surface area contributed by atoms with Crippen LogP contribution in [-0.4, -0.2) is 29.8 Å². The summed E-state index contributed by atoms with van der Waals surface area (Å²) in [4.78, 5) is 9.94. The van der Waals surface area contributed by atoms with Crippen LogP contribution in [0.15, 0.2) is 58.5 Å². The van der Waals surface area contributed by atoms with Crippen molar-refractivity contribution in [1.29, 1.82) is 0 Å². The molecule has 0 amide bonds. The van der Waals surface area contributed by atoms with Gasteiger partial charge in [-0.2, -0.15) is 0 Å². The normalized spacial score (nSPS) is 12.2. The van der Waals surface area contributed by atoms with Crippen LogP contribution in [0.4, 0.5) is 0 Å². The van der Waals surface area contributed by atoms with Gasteiger partial charge in [0, 0.05) is 29.9 Å². The van der Waals surface area contributed by atoms with Crippen LogP contribution in [0.3, 0.4) is 0 Å². The second kappa shape index (κ2) is 11.3. The molecule has 0 radical (unpaired) electrons. The molecule has 1 heterocycles. The Morgan fingerprint density at radius 2 is 1.92 bits per heavy atom. The van der Waals surface area contributed by atoms with Crippen molar-refractivity contribution in [2.75, 3.05) is 13.6 Å². The second-order valence-electron chi connectivity index (χ2n) is 5.32. The molecule has 4 nitrogen and oxygen atoms in total. The number of rotatable bonds is 6. The van der Waals surface area contributed by atoms with E-state index in [1.54, 1.807) is 7.05 Å². The fourth-order valence-electron chi connectivity index (χ4n) is 2.10. The van der Waals surface area contributed by atoms with Crippen molar-refractivity contribution in [2.24, 2.45) is 4.99 Å². The molecule has 0 saturated carbocycles. The van der Waals surface area contributed by atoms with Crippen LogP contribution in [0.25, 0.3) is 0 Å². The molecule has 2 aromatic rings. The highest BCUT2D eigenvalue weighted by atomic mass is 127. The maximum atomic E-state index is 4.39. The van der Waals surface area contributed by atoms with Crippen molar-refractivity contribution in [3.05, 3.63) is 59.9 Å². The zero-order chi connectivity index (χ0) is 16.5. The average molecular weight is 456 g/mol. The molecule has 0 fully saturated rings. The number of hydrogen-bond acceptors (Lipinski definition) is 3. The summed E-state index contributed by atoms with van der Waals surface area (Å²) in [5, 5.41) is 7.13. The molecule has 0 aliphatic carbocycles. The Bertz CT molecular complexity index is 634. The molecular weight excluding hydrogens is 431 g/mol. The van der Waals surface area contributed by atoms with Gasteiger partial charge in [-0.3, -0.25) is 9.98 Å². The third kappa shape index (κ3) is 7.09. The minimum absolute atomic E-state index is 0. The SMILES string of the molecule is CN=C(NCc1ncccc1C)NCC(C)Sc1ccccc1.I. The van der Waals surface area contributed by atoms with Crippen LogP contribution >= 0.6 is 35.7 Å². The van der Waals surface area contributed by atoms with E-state index in [0.29, 0.717) is 11.8 Å². The third-order valence-electron chi connectivity index (χ3n) is 3.40. The highest BCUT2D eigenvalue weighted by Crippen LogP contribution is 2.21. The van der Waals surface area contributed by atoms with Crippen molar-refractivity contribution in [1.82, 2.24) is 15.6 Å². The summed E-state index contributed by atoms with van der Waals surface area (Å²) in [6.45, 7) is 5.80. The van der Waals surface area contributed by atoms with Crippen LogP contribution in [0.2, 0.25) is 0 Å². The van der Waals surface area contributed by atoms with E-state index in [-0.39, 0.29) is 24.0 Å². The molecule has 1 unspecified atom stereocenters. The number of hydrogen-bond donors (Lipinski definition) is 2. The van der Waals surface area contributed by atoms with E-state index in [4.69, 9.17) is 0 Å². The van der Waals surface area contributed by atoms with Crippen molar-refractivity contribution in [2.45, 2.75) is 30.5 Å². The van der Waals surface area contributed by atoms with Crippen molar-refractivity contribution in [3.63, 3.8) is 0 Å². The predicted octanol–water partition coefficient (Wildman–Crippen LogP) is 3.85. The van der Waals surface area contributed by atoms with Gasteiger partial charge in [0.2, 0.25) is 0 Å². The average Bonchev–Trinajstić information content (AvgIpc) is 2.57. The summed E-state index contributed by atoms with van der Waals surface area (Å²) in [6.07, 6.45) is 1.82. The van der Waals surface area contributed by atoms with E-state index in [2.05, 4.69) is 64.8 Å². The van der Waals surface area contributed by atoms with Crippen LogP contribution in [-0.2, 0) is 6.54 Å². The number of thioether (sulfide) groups is 1. The first-order valence-electron chi connectivity index (χ1n) is 7.75. The number of aromatic nitrogens is 1. The van der Waals surface area contributed by atoms with Crippen molar-refractivity contribution in [3.8, 4) is 0 Å². The van der Waals surface area contributed by atoms with Gasteiger partial charge in [0.05, 0.1) is 12.2 Å². The highest BCUT2D eigenvalue weighted by Gasteiger charge is 2.06. The van der Waals surface area contributed by atoms with Crippen LogP contribution in [0, 0.1) is 6.92 Å². The summed E-state index contributed by atoms with van der Waals surface area (Å²) in [5.41, 5.74) is 2.23. The van der Waals surface area contributed by atoms with E-state index < -0.39 is 0 Å². The van der Waals surface area contributed by atoms with E-state index in [1.165, 1.54) is 10.5 Å². The number of aryl methyl sites for hydroxylation is 1. The zero-order valence-electron chi connectivity index (χ0n) is 14.3. The van der Waals surface area contributed by atoms with Gasteiger partial charge in [0.15, 0.2) is 5.96 Å². The van der Waals surface area contributed by atoms with Crippen molar-refractivity contribution >= 4 is 41.7 Å². The summed E-state index contributed by atoms with van der Waals surface area (Å²) >= 11 is 1.86. The Labute approximate surface area is 166 Å².